The van der Waals surface area contributed by atoms with Gasteiger partial charge in [0.05, 0.1) is 7.11 Å². The van der Waals surface area contributed by atoms with Crippen molar-refractivity contribution in [1.82, 2.24) is 4.90 Å². The van der Waals surface area contributed by atoms with Crippen molar-refractivity contribution < 1.29 is 9.53 Å². The number of rotatable bonds is 4. The van der Waals surface area contributed by atoms with E-state index in [1.54, 1.807) is 7.11 Å². The van der Waals surface area contributed by atoms with Crippen LogP contribution in [0.15, 0.2) is 79.4 Å². The third-order valence-electron chi connectivity index (χ3n) is 7.21. The summed E-state index contributed by atoms with van der Waals surface area (Å²) in [6.07, 6.45) is 1.02. The second-order valence-electron chi connectivity index (χ2n) is 9.10. The van der Waals surface area contributed by atoms with Crippen molar-refractivity contribution in [2.24, 2.45) is 11.8 Å². The number of ether oxygens (including phenoxy) is 1. The lowest BCUT2D eigenvalue weighted by Gasteiger charge is -2.35. The highest BCUT2D eigenvalue weighted by Gasteiger charge is 2.44. The SMILES string of the molecule is C=C(C(=O)N1CC2Cc3ccccc3C(c3ccc(C)cc3)C2C1)c1ccccc1OC. The van der Waals surface area contributed by atoms with Crippen molar-refractivity contribution in [1.29, 1.82) is 0 Å². The minimum atomic E-state index is 0.00983. The van der Waals surface area contributed by atoms with E-state index in [0.29, 0.717) is 29.1 Å². The van der Waals surface area contributed by atoms with E-state index in [9.17, 15) is 4.79 Å². The molecule has 5 rings (SSSR count). The van der Waals surface area contributed by atoms with Gasteiger partial charge in [0.2, 0.25) is 0 Å². The van der Waals surface area contributed by atoms with Gasteiger partial charge in [-0.1, -0.05) is 78.9 Å². The summed E-state index contributed by atoms with van der Waals surface area (Å²) in [4.78, 5) is 15.5. The van der Waals surface area contributed by atoms with E-state index in [2.05, 4.69) is 62.0 Å². The van der Waals surface area contributed by atoms with Gasteiger partial charge in [0.1, 0.15) is 5.75 Å². The van der Waals surface area contributed by atoms with E-state index in [1.165, 1.54) is 22.3 Å². The van der Waals surface area contributed by atoms with Gasteiger partial charge >= 0.3 is 0 Å². The molecule has 1 heterocycles. The fourth-order valence-corrected chi connectivity index (χ4v) is 5.59. The predicted molar refractivity (Wildman–Crippen MR) is 129 cm³/mol. The highest BCUT2D eigenvalue weighted by molar-refractivity contribution is 6.19. The Morgan fingerprint density at radius 1 is 0.969 bits per heavy atom. The largest absolute Gasteiger partial charge is 0.496 e. The molecular formula is C29H29NO2. The van der Waals surface area contributed by atoms with Crippen LogP contribution in [-0.4, -0.2) is 31.0 Å². The van der Waals surface area contributed by atoms with Crippen LogP contribution in [0.5, 0.6) is 5.75 Å². The molecule has 0 spiro atoms. The summed E-state index contributed by atoms with van der Waals surface area (Å²) in [7, 11) is 1.63. The van der Waals surface area contributed by atoms with Crippen LogP contribution in [0.1, 0.15) is 33.7 Å². The monoisotopic (exact) mass is 423 g/mol. The predicted octanol–water partition coefficient (Wildman–Crippen LogP) is 5.48. The molecule has 0 N–H and O–H groups in total. The summed E-state index contributed by atoms with van der Waals surface area (Å²) in [5.74, 6) is 1.86. The molecule has 0 radical (unpaired) electrons. The molecule has 3 heteroatoms. The lowest BCUT2D eigenvalue weighted by atomic mass is 9.68. The minimum Gasteiger partial charge on any atom is -0.496 e. The molecule has 3 aromatic carbocycles. The highest BCUT2D eigenvalue weighted by Crippen LogP contribution is 2.47. The first-order valence-corrected chi connectivity index (χ1v) is 11.3. The molecule has 0 aromatic heterocycles. The molecule has 3 atom stereocenters. The van der Waals surface area contributed by atoms with Gasteiger partial charge in [-0.2, -0.15) is 0 Å². The topological polar surface area (TPSA) is 29.5 Å². The van der Waals surface area contributed by atoms with Crippen LogP contribution in [0.25, 0.3) is 5.57 Å². The van der Waals surface area contributed by atoms with Crippen LogP contribution < -0.4 is 4.74 Å². The molecule has 3 aromatic rings. The normalized spacial score (nSPS) is 21.6. The molecule has 1 amide bonds. The number of benzene rings is 3. The van der Waals surface area contributed by atoms with Crippen LogP contribution in [0.2, 0.25) is 0 Å². The molecule has 0 bridgehead atoms. The lowest BCUT2D eigenvalue weighted by molar-refractivity contribution is -0.124. The van der Waals surface area contributed by atoms with Crippen molar-refractivity contribution in [3.8, 4) is 5.75 Å². The van der Waals surface area contributed by atoms with E-state index in [-0.39, 0.29) is 5.91 Å². The fraction of sp³-hybridized carbons (Fsp3) is 0.276. The molecule has 162 valence electrons. The molecule has 2 aliphatic rings. The van der Waals surface area contributed by atoms with Gasteiger partial charge in [-0.05, 0) is 47.9 Å². The standard InChI is InChI=1S/C29H29NO2/c1-19-12-14-21(15-13-19)28-25-10-5-4-8-22(25)16-23-17-30(18-26(23)28)29(31)20(2)24-9-6-7-11-27(24)32-3/h4-15,23,26,28H,2,16-18H2,1,3H3. The number of nitrogens with zero attached hydrogens (tertiary/aromatic N) is 1. The van der Waals surface area contributed by atoms with Crippen LogP contribution in [0.4, 0.5) is 0 Å². The molecule has 1 aliphatic heterocycles. The second kappa shape index (κ2) is 8.31. The van der Waals surface area contributed by atoms with Crippen LogP contribution in [-0.2, 0) is 11.2 Å². The Hall–Kier alpha value is -3.33. The Balaban J connectivity index is 1.46. The third-order valence-corrected chi connectivity index (χ3v) is 7.21. The van der Waals surface area contributed by atoms with E-state index in [4.69, 9.17) is 4.74 Å². The molecule has 1 saturated heterocycles. The maximum Gasteiger partial charge on any atom is 0.254 e. The third kappa shape index (κ3) is 3.52. The zero-order valence-electron chi connectivity index (χ0n) is 18.8. The number of hydrogen-bond acceptors (Lipinski definition) is 2. The Bertz CT molecular complexity index is 1160. The Kier molecular flexibility index (Phi) is 5.34. The molecule has 32 heavy (non-hydrogen) atoms. The highest BCUT2D eigenvalue weighted by atomic mass is 16.5. The van der Waals surface area contributed by atoms with Crippen LogP contribution in [0, 0.1) is 18.8 Å². The van der Waals surface area contributed by atoms with Crippen molar-refractivity contribution in [3.05, 3.63) is 107 Å². The van der Waals surface area contributed by atoms with Crippen LogP contribution in [0.3, 0.4) is 0 Å². The summed E-state index contributed by atoms with van der Waals surface area (Å²) in [6.45, 7) is 7.80. The second-order valence-corrected chi connectivity index (χ2v) is 9.10. The van der Waals surface area contributed by atoms with Gasteiger partial charge in [-0.25, -0.2) is 0 Å². The smallest absolute Gasteiger partial charge is 0.254 e. The maximum atomic E-state index is 13.5. The zero-order valence-corrected chi connectivity index (χ0v) is 18.8. The minimum absolute atomic E-state index is 0.00983. The molecular weight excluding hydrogens is 394 g/mol. The lowest BCUT2D eigenvalue weighted by Crippen LogP contribution is -2.30. The molecule has 1 fully saturated rings. The average Bonchev–Trinajstić information content (AvgIpc) is 3.25. The Morgan fingerprint density at radius 2 is 1.69 bits per heavy atom. The van der Waals surface area contributed by atoms with Crippen molar-refractivity contribution in [2.45, 2.75) is 19.3 Å². The zero-order chi connectivity index (χ0) is 22.2. The number of methoxy groups -OCH3 is 1. The molecule has 1 aliphatic carbocycles. The number of hydrogen-bond donors (Lipinski definition) is 0. The van der Waals surface area contributed by atoms with Gasteiger partial charge in [0.25, 0.3) is 5.91 Å². The number of para-hydroxylation sites is 1. The number of amides is 1. The van der Waals surface area contributed by atoms with E-state index in [0.717, 1.165) is 25.1 Å². The van der Waals surface area contributed by atoms with E-state index in [1.807, 2.05) is 29.2 Å². The quantitative estimate of drug-likeness (QED) is 0.520. The Labute approximate surface area is 190 Å². The fourth-order valence-electron chi connectivity index (χ4n) is 5.59. The van der Waals surface area contributed by atoms with E-state index >= 15 is 0 Å². The Morgan fingerprint density at radius 3 is 2.47 bits per heavy atom. The molecule has 0 saturated carbocycles. The van der Waals surface area contributed by atoms with Crippen molar-refractivity contribution in [2.75, 3.05) is 20.2 Å². The van der Waals surface area contributed by atoms with E-state index < -0.39 is 0 Å². The summed E-state index contributed by atoms with van der Waals surface area (Å²) in [5.41, 5.74) is 6.72. The first kappa shape index (κ1) is 20.6. The van der Waals surface area contributed by atoms with Gasteiger partial charge in [-0.3, -0.25) is 4.79 Å². The first-order valence-electron chi connectivity index (χ1n) is 11.3. The van der Waals surface area contributed by atoms with Gasteiger partial charge in [-0.15, -0.1) is 0 Å². The maximum absolute atomic E-state index is 13.5. The van der Waals surface area contributed by atoms with Crippen LogP contribution >= 0.6 is 0 Å². The van der Waals surface area contributed by atoms with Gasteiger partial charge in [0.15, 0.2) is 0 Å². The number of carbonyl (C=O) groups is 1. The number of carbonyl (C=O) groups excluding carboxylic acids is 1. The summed E-state index contributed by atoms with van der Waals surface area (Å²) >= 11 is 0. The summed E-state index contributed by atoms with van der Waals surface area (Å²) in [5, 5.41) is 0. The summed E-state index contributed by atoms with van der Waals surface area (Å²) in [6, 6.07) is 25.3. The summed E-state index contributed by atoms with van der Waals surface area (Å²) < 4.78 is 5.47. The van der Waals surface area contributed by atoms with Crippen molar-refractivity contribution in [3.63, 3.8) is 0 Å². The number of fused-ring (bicyclic) bond motifs is 2. The van der Waals surface area contributed by atoms with Gasteiger partial charge in [0, 0.05) is 30.1 Å². The number of likely N-dealkylation sites (tertiary alicyclic amines) is 1. The average molecular weight is 424 g/mol. The van der Waals surface area contributed by atoms with Gasteiger partial charge < -0.3 is 9.64 Å². The molecule has 3 unspecified atom stereocenters. The van der Waals surface area contributed by atoms with Crippen molar-refractivity contribution >= 4 is 11.5 Å². The number of aryl methyl sites for hydroxylation is 1. The first-order chi connectivity index (χ1) is 15.6. The molecule has 3 nitrogen and oxygen atoms in total.